The molecular weight excluding hydrogens is 420 g/mol. The number of sulfonamides is 1. The molecule has 31 heavy (non-hydrogen) atoms. The van der Waals surface area contributed by atoms with Gasteiger partial charge in [0.2, 0.25) is 10.0 Å². The maximum Gasteiger partial charge on any atom is 0.269 e. The third kappa shape index (κ3) is 4.84. The molecule has 0 aromatic heterocycles. The van der Waals surface area contributed by atoms with E-state index >= 15 is 0 Å². The van der Waals surface area contributed by atoms with Crippen LogP contribution in [0.1, 0.15) is 22.7 Å². The molecule has 0 aliphatic carbocycles. The van der Waals surface area contributed by atoms with E-state index in [2.05, 4.69) is 4.72 Å². The molecule has 0 saturated carbocycles. The predicted octanol–water partition coefficient (Wildman–Crippen LogP) is 3.99. The highest BCUT2D eigenvalue weighted by atomic mass is 32.2. The summed E-state index contributed by atoms with van der Waals surface area (Å²) in [5.41, 5.74) is 1.77. The fraction of sp³-hybridized carbons (Fsp3) is 0.182. The number of benzene rings is 3. The predicted molar refractivity (Wildman–Crippen MR) is 116 cm³/mol. The van der Waals surface area contributed by atoms with E-state index in [1.807, 2.05) is 6.92 Å². The molecule has 3 aromatic carbocycles. The number of nitro benzene ring substituents is 1. The van der Waals surface area contributed by atoms with Gasteiger partial charge in [-0.15, -0.1) is 0 Å². The number of nitrogens with one attached hydrogen (secondary N) is 1. The molecule has 0 amide bonds. The van der Waals surface area contributed by atoms with Crippen molar-refractivity contribution in [1.82, 2.24) is 4.72 Å². The number of methoxy groups -OCH3 is 2. The summed E-state index contributed by atoms with van der Waals surface area (Å²) in [6.07, 6.45) is 0. The van der Waals surface area contributed by atoms with Gasteiger partial charge in [0.25, 0.3) is 5.69 Å². The number of hydrogen-bond donors (Lipinski definition) is 1. The monoisotopic (exact) mass is 442 g/mol. The van der Waals surface area contributed by atoms with Crippen LogP contribution in [-0.4, -0.2) is 27.6 Å². The van der Waals surface area contributed by atoms with E-state index in [0.717, 1.165) is 5.56 Å². The van der Waals surface area contributed by atoms with Crippen LogP contribution in [0, 0.1) is 17.0 Å². The van der Waals surface area contributed by atoms with Crippen molar-refractivity contribution in [2.24, 2.45) is 0 Å². The molecule has 3 rings (SSSR count). The van der Waals surface area contributed by atoms with Crippen LogP contribution in [0.25, 0.3) is 0 Å². The van der Waals surface area contributed by atoms with Crippen LogP contribution in [0.3, 0.4) is 0 Å². The summed E-state index contributed by atoms with van der Waals surface area (Å²) in [6, 6.07) is 16.3. The zero-order chi connectivity index (χ0) is 22.6. The van der Waals surface area contributed by atoms with Crippen molar-refractivity contribution in [1.29, 1.82) is 0 Å². The van der Waals surface area contributed by atoms with Crippen molar-refractivity contribution in [3.05, 3.63) is 93.5 Å². The van der Waals surface area contributed by atoms with Crippen LogP contribution in [0.2, 0.25) is 0 Å². The van der Waals surface area contributed by atoms with Gasteiger partial charge in [0.15, 0.2) is 0 Å². The topological polar surface area (TPSA) is 108 Å². The minimum Gasteiger partial charge on any atom is -0.496 e. The Labute approximate surface area is 180 Å². The number of non-ortho nitro benzene ring substituents is 1. The quantitative estimate of drug-likeness (QED) is 0.417. The maximum absolute atomic E-state index is 13.2. The summed E-state index contributed by atoms with van der Waals surface area (Å²) in [7, 11) is -1.00. The molecule has 1 atom stereocenters. The highest BCUT2D eigenvalue weighted by Gasteiger charge is 2.28. The third-order valence-corrected chi connectivity index (χ3v) is 6.23. The maximum atomic E-state index is 13.2. The molecule has 8 nitrogen and oxygen atoms in total. The Morgan fingerprint density at radius 3 is 1.94 bits per heavy atom. The fourth-order valence-corrected chi connectivity index (χ4v) is 4.38. The molecule has 0 spiro atoms. The zero-order valence-corrected chi connectivity index (χ0v) is 18.0. The fourth-order valence-electron chi connectivity index (χ4n) is 3.19. The van der Waals surface area contributed by atoms with E-state index in [1.54, 1.807) is 30.3 Å². The Bertz CT molecular complexity index is 1150. The molecule has 9 heteroatoms. The zero-order valence-electron chi connectivity index (χ0n) is 17.2. The Hall–Kier alpha value is -3.43. The first-order valence-electron chi connectivity index (χ1n) is 9.31. The molecular formula is C22H22N2O6S. The third-order valence-electron chi connectivity index (χ3n) is 4.80. The number of nitro groups is 1. The smallest absolute Gasteiger partial charge is 0.269 e. The molecule has 0 aliphatic rings. The van der Waals surface area contributed by atoms with Crippen LogP contribution in [0.4, 0.5) is 5.69 Å². The second kappa shape index (κ2) is 9.15. The molecule has 1 unspecified atom stereocenters. The minimum absolute atomic E-state index is 0.0962. The summed E-state index contributed by atoms with van der Waals surface area (Å²) >= 11 is 0. The lowest BCUT2D eigenvalue weighted by molar-refractivity contribution is -0.384. The average Bonchev–Trinajstić information content (AvgIpc) is 2.77. The summed E-state index contributed by atoms with van der Waals surface area (Å²) in [6.45, 7) is 1.86. The summed E-state index contributed by atoms with van der Waals surface area (Å²) in [5.74, 6) is 0.823. The first-order valence-corrected chi connectivity index (χ1v) is 10.8. The van der Waals surface area contributed by atoms with Gasteiger partial charge in [0.1, 0.15) is 11.5 Å². The second-order valence-corrected chi connectivity index (χ2v) is 8.51. The van der Waals surface area contributed by atoms with Gasteiger partial charge in [-0.25, -0.2) is 8.42 Å². The van der Waals surface area contributed by atoms with E-state index in [-0.39, 0.29) is 10.6 Å². The largest absolute Gasteiger partial charge is 0.496 e. The van der Waals surface area contributed by atoms with Gasteiger partial charge in [-0.1, -0.05) is 35.9 Å². The summed E-state index contributed by atoms with van der Waals surface area (Å²) in [5, 5.41) is 11.0. The normalized spacial score (nSPS) is 12.2. The highest BCUT2D eigenvalue weighted by molar-refractivity contribution is 7.89. The molecule has 0 saturated heterocycles. The molecule has 0 heterocycles. The molecule has 162 valence electrons. The molecule has 3 aromatic rings. The lowest BCUT2D eigenvalue weighted by Gasteiger charge is -2.24. The van der Waals surface area contributed by atoms with Crippen molar-refractivity contribution >= 4 is 15.7 Å². The van der Waals surface area contributed by atoms with Crippen LogP contribution in [-0.2, 0) is 10.0 Å². The van der Waals surface area contributed by atoms with Crippen molar-refractivity contribution < 1.29 is 22.8 Å². The van der Waals surface area contributed by atoms with Crippen molar-refractivity contribution in [2.45, 2.75) is 17.9 Å². The number of ether oxygens (including phenoxy) is 2. The number of aryl methyl sites for hydroxylation is 1. The average molecular weight is 442 g/mol. The van der Waals surface area contributed by atoms with E-state index in [4.69, 9.17) is 9.47 Å². The molecule has 1 N–H and O–H groups in total. The molecule has 0 radical (unpaired) electrons. The van der Waals surface area contributed by atoms with Gasteiger partial charge < -0.3 is 9.47 Å². The summed E-state index contributed by atoms with van der Waals surface area (Å²) in [4.78, 5) is 10.6. The number of hydrogen-bond acceptors (Lipinski definition) is 6. The lowest BCUT2D eigenvalue weighted by Crippen LogP contribution is -2.30. The van der Waals surface area contributed by atoms with Gasteiger partial charge in [-0.05, 0) is 36.8 Å². The molecule has 0 fully saturated rings. The van der Waals surface area contributed by atoms with Gasteiger partial charge in [-0.2, -0.15) is 4.72 Å². The SMILES string of the molecule is COc1cccc(OC)c1C(NS(=O)(=O)c1ccc(C)cc1)c1ccc([N+](=O)[O-])cc1. The van der Waals surface area contributed by atoms with Crippen LogP contribution < -0.4 is 14.2 Å². The number of nitrogens with zero attached hydrogens (tertiary/aromatic N) is 1. The minimum atomic E-state index is -3.94. The summed E-state index contributed by atoms with van der Waals surface area (Å²) < 4.78 is 40.0. The van der Waals surface area contributed by atoms with E-state index in [9.17, 15) is 18.5 Å². The molecule has 0 bridgehead atoms. The lowest BCUT2D eigenvalue weighted by atomic mass is 9.97. The standard InChI is InChI=1S/C22H22N2O6S/c1-15-7-13-18(14-8-15)31(27,28)23-22(16-9-11-17(12-10-16)24(25)26)21-19(29-2)5-4-6-20(21)30-3/h4-14,22-23H,1-3H3. The Morgan fingerprint density at radius 2 is 1.45 bits per heavy atom. The van der Waals surface area contributed by atoms with Crippen LogP contribution in [0.15, 0.2) is 71.6 Å². The van der Waals surface area contributed by atoms with Crippen molar-refractivity contribution in [2.75, 3.05) is 14.2 Å². The van der Waals surface area contributed by atoms with Crippen molar-refractivity contribution in [3.63, 3.8) is 0 Å². The first kappa shape index (κ1) is 22.3. The van der Waals surface area contributed by atoms with Crippen molar-refractivity contribution in [3.8, 4) is 11.5 Å². The van der Waals surface area contributed by atoms with Gasteiger partial charge in [0.05, 0.1) is 35.6 Å². The van der Waals surface area contributed by atoms with E-state index in [1.165, 1.54) is 50.6 Å². The first-order chi connectivity index (χ1) is 14.8. The van der Waals surface area contributed by atoms with Crippen LogP contribution in [0.5, 0.6) is 11.5 Å². The van der Waals surface area contributed by atoms with E-state index in [0.29, 0.717) is 22.6 Å². The Balaban J connectivity index is 2.16. The number of rotatable bonds is 8. The Morgan fingerprint density at radius 1 is 0.903 bits per heavy atom. The van der Waals surface area contributed by atoms with Crippen LogP contribution >= 0.6 is 0 Å². The van der Waals surface area contributed by atoms with Gasteiger partial charge in [0, 0.05) is 12.1 Å². The van der Waals surface area contributed by atoms with Gasteiger partial charge >= 0.3 is 0 Å². The second-order valence-electron chi connectivity index (χ2n) is 6.79. The molecule has 0 aliphatic heterocycles. The highest BCUT2D eigenvalue weighted by Crippen LogP contribution is 2.38. The Kier molecular flexibility index (Phi) is 6.57. The van der Waals surface area contributed by atoms with Gasteiger partial charge in [-0.3, -0.25) is 10.1 Å². The van der Waals surface area contributed by atoms with E-state index < -0.39 is 21.0 Å².